The van der Waals surface area contributed by atoms with E-state index in [0.717, 1.165) is 38.5 Å². The number of hydrogen-bond donors (Lipinski definition) is 2. The van der Waals surface area contributed by atoms with Crippen molar-refractivity contribution in [3.8, 4) is 0 Å². The molecule has 1 aromatic heterocycles. The zero-order valence-electron chi connectivity index (χ0n) is 18.2. The van der Waals surface area contributed by atoms with Gasteiger partial charge in [0.25, 0.3) is 0 Å². The van der Waals surface area contributed by atoms with Crippen LogP contribution in [-0.4, -0.2) is 53.6 Å². The number of hydrogen-bond acceptors (Lipinski definition) is 8. The Morgan fingerprint density at radius 3 is 2.59 bits per heavy atom. The number of aromatic nitrogens is 2. The van der Waals surface area contributed by atoms with Gasteiger partial charge in [-0.25, -0.2) is 14.8 Å². The zero-order valence-corrected chi connectivity index (χ0v) is 18.2. The zero-order chi connectivity index (χ0) is 22.3. The highest BCUT2D eigenvalue weighted by Crippen LogP contribution is 2.29. The van der Waals surface area contributed by atoms with E-state index in [4.69, 9.17) is 10.5 Å². The standard InChI is InChI=1S/C24H28N6O2/c1-2-32-24(31)19-9-6-10-20(15-19)28-22-21(25)23(27-17-26-22)30-13-11-29(12-14-30)16-18-7-4-3-5-8-18/h3-10,15,17H,2,11-14,16,25H2,1H3,(H,26,27,28). The lowest BCUT2D eigenvalue weighted by molar-refractivity contribution is 0.0526. The summed E-state index contributed by atoms with van der Waals surface area (Å²) in [6, 6.07) is 17.6. The maximum absolute atomic E-state index is 12.0. The van der Waals surface area contributed by atoms with Gasteiger partial charge in [0, 0.05) is 38.4 Å². The summed E-state index contributed by atoms with van der Waals surface area (Å²) in [4.78, 5) is 25.4. The second-order valence-corrected chi connectivity index (χ2v) is 7.63. The minimum absolute atomic E-state index is 0.331. The minimum Gasteiger partial charge on any atom is -0.462 e. The van der Waals surface area contributed by atoms with Crippen molar-refractivity contribution in [2.75, 3.05) is 48.7 Å². The van der Waals surface area contributed by atoms with Gasteiger partial charge < -0.3 is 20.7 Å². The van der Waals surface area contributed by atoms with E-state index in [-0.39, 0.29) is 5.97 Å². The lowest BCUT2D eigenvalue weighted by atomic mass is 10.2. The summed E-state index contributed by atoms with van der Waals surface area (Å²) in [5, 5.41) is 3.21. The molecular formula is C24H28N6O2. The number of nitrogens with two attached hydrogens (primary N) is 1. The number of carbonyl (C=O) groups excluding carboxylic acids is 1. The predicted molar refractivity (Wildman–Crippen MR) is 126 cm³/mol. The maximum Gasteiger partial charge on any atom is 0.338 e. The van der Waals surface area contributed by atoms with Crippen molar-refractivity contribution in [2.45, 2.75) is 13.5 Å². The SMILES string of the molecule is CCOC(=O)c1cccc(Nc2ncnc(N3CCN(Cc4ccccc4)CC3)c2N)c1. The molecule has 1 fully saturated rings. The molecule has 1 aliphatic rings. The Morgan fingerprint density at radius 2 is 1.84 bits per heavy atom. The Kier molecular flexibility index (Phi) is 6.81. The van der Waals surface area contributed by atoms with Crippen LogP contribution in [0, 0.1) is 0 Å². The molecule has 32 heavy (non-hydrogen) atoms. The highest BCUT2D eigenvalue weighted by molar-refractivity contribution is 5.91. The molecule has 0 radical (unpaired) electrons. The molecule has 0 atom stereocenters. The third-order valence-corrected chi connectivity index (χ3v) is 5.42. The largest absolute Gasteiger partial charge is 0.462 e. The van der Waals surface area contributed by atoms with Gasteiger partial charge in [-0.1, -0.05) is 36.4 Å². The first-order chi connectivity index (χ1) is 15.6. The number of nitrogen functional groups attached to an aromatic ring is 1. The molecule has 1 saturated heterocycles. The van der Waals surface area contributed by atoms with Crippen molar-refractivity contribution in [3.05, 3.63) is 72.1 Å². The first kappa shape index (κ1) is 21.6. The van der Waals surface area contributed by atoms with Crippen molar-refractivity contribution in [1.29, 1.82) is 0 Å². The van der Waals surface area contributed by atoms with Crippen LogP contribution >= 0.6 is 0 Å². The summed E-state index contributed by atoms with van der Waals surface area (Å²) >= 11 is 0. The number of ether oxygens (including phenoxy) is 1. The number of rotatable bonds is 7. The molecule has 2 heterocycles. The lowest BCUT2D eigenvalue weighted by Gasteiger charge is -2.36. The van der Waals surface area contributed by atoms with Crippen molar-refractivity contribution in [2.24, 2.45) is 0 Å². The molecule has 166 valence electrons. The van der Waals surface area contributed by atoms with E-state index in [1.807, 2.05) is 12.1 Å². The van der Waals surface area contributed by atoms with E-state index in [9.17, 15) is 4.79 Å². The third-order valence-electron chi connectivity index (χ3n) is 5.42. The van der Waals surface area contributed by atoms with E-state index in [2.05, 4.69) is 49.4 Å². The summed E-state index contributed by atoms with van der Waals surface area (Å²) in [5.41, 5.74) is 9.42. The summed E-state index contributed by atoms with van der Waals surface area (Å²) in [5.74, 6) is 0.881. The van der Waals surface area contributed by atoms with E-state index in [0.29, 0.717) is 29.4 Å². The lowest BCUT2D eigenvalue weighted by Crippen LogP contribution is -2.46. The van der Waals surface area contributed by atoms with Crippen LogP contribution in [0.15, 0.2) is 60.9 Å². The first-order valence-electron chi connectivity index (χ1n) is 10.8. The van der Waals surface area contributed by atoms with Gasteiger partial charge in [0.2, 0.25) is 0 Å². The summed E-state index contributed by atoms with van der Waals surface area (Å²) in [6.45, 7) is 6.60. The van der Waals surface area contributed by atoms with Gasteiger partial charge in [0.1, 0.15) is 12.0 Å². The van der Waals surface area contributed by atoms with E-state index < -0.39 is 0 Å². The molecule has 0 unspecified atom stereocenters. The number of esters is 1. The fourth-order valence-corrected chi connectivity index (χ4v) is 3.77. The second kappa shape index (κ2) is 10.1. The highest BCUT2D eigenvalue weighted by Gasteiger charge is 2.21. The van der Waals surface area contributed by atoms with Crippen molar-refractivity contribution < 1.29 is 9.53 Å². The number of piperazine rings is 1. The molecule has 4 rings (SSSR count). The number of anilines is 4. The average molecular weight is 433 g/mol. The van der Waals surface area contributed by atoms with E-state index in [1.54, 1.807) is 25.1 Å². The smallest absolute Gasteiger partial charge is 0.338 e. The Bertz CT molecular complexity index is 1050. The Morgan fingerprint density at radius 1 is 1.06 bits per heavy atom. The van der Waals surface area contributed by atoms with E-state index >= 15 is 0 Å². The molecule has 3 aromatic rings. The van der Waals surface area contributed by atoms with Gasteiger partial charge in [-0.2, -0.15) is 0 Å². The normalized spacial score (nSPS) is 14.2. The van der Waals surface area contributed by atoms with Gasteiger partial charge in [0.05, 0.1) is 12.2 Å². The molecule has 0 bridgehead atoms. The van der Waals surface area contributed by atoms with Crippen LogP contribution < -0.4 is 16.0 Å². The molecule has 2 aromatic carbocycles. The second-order valence-electron chi connectivity index (χ2n) is 7.63. The molecule has 3 N–H and O–H groups in total. The molecule has 0 amide bonds. The number of nitrogens with one attached hydrogen (secondary N) is 1. The molecule has 0 aliphatic carbocycles. The summed E-state index contributed by atoms with van der Waals surface area (Å²) in [6.07, 6.45) is 1.51. The van der Waals surface area contributed by atoms with Gasteiger partial charge in [-0.15, -0.1) is 0 Å². The predicted octanol–water partition coefficient (Wildman–Crippen LogP) is 3.30. The van der Waals surface area contributed by atoms with Crippen LogP contribution in [-0.2, 0) is 11.3 Å². The Hall–Kier alpha value is -3.65. The maximum atomic E-state index is 12.0. The molecule has 0 saturated carbocycles. The Labute approximate surface area is 188 Å². The van der Waals surface area contributed by atoms with Crippen LogP contribution in [0.4, 0.5) is 23.0 Å². The topological polar surface area (TPSA) is 96.6 Å². The molecule has 8 nitrogen and oxygen atoms in total. The van der Waals surface area contributed by atoms with E-state index in [1.165, 1.54) is 11.9 Å². The fraction of sp³-hybridized carbons (Fsp3) is 0.292. The van der Waals surface area contributed by atoms with Crippen LogP contribution in [0.2, 0.25) is 0 Å². The quantitative estimate of drug-likeness (QED) is 0.549. The molecule has 1 aliphatic heterocycles. The van der Waals surface area contributed by atoms with Crippen LogP contribution in [0.25, 0.3) is 0 Å². The molecule has 0 spiro atoms. The van der Waals surface area contributed by atoms with Gasteiger partial charge in [-0.3, -0.25) is 4.90 Å². The van der Waals surface area contributed by atoms with Crippen LogP contribution in [0.3, 0.4) is 0 Å². The number of benzene rings is 2. The highest BCUT2D eigenvalue weighted by atomic mass is 16.5. The average Bonchev–Trinajstić information content (AvgIpc) is 2.82. The van der Waals surface area contributed by atoms with Crippen molar-refractivity contribution in [1.82, 2.24) is 14.9 Å². The van der Waals surface area contributed by atoms with Crippen molar-refractivity contribution >= 4 is 29.0 Å². The minimum atomic E-state index is -0.360. The van der Waals surface area contributed by atoms with Crippen LogP contribution in [0.1, 0.15) is 22.8 Å². The molecular weight excluding hydrogens is 404 g/mol. The summed E-state index contributed by atoms with van der Waals surface area (Å²) in [7, 11) is 0. The fourth-order valence-electron chi connectivity index (χ4n) is 3.77. The first-order valence-corrected chi connectivity index (χ1v) is 10.8. The number of nitrogens with zero attached hydrogens (tertiary/aromatic N) is 4. The third kappa shape index (κ3) is 5.15. The van der Waals surface area contributed by atoms with Gasteiger partial charge in [-0.05, 0) is 30.7 Å². The number of carbonyl (C=O) groups is 1. The van der Waals surface area contributed by atoms with Crippen molar-refractivity contribution in [3.63, 3.8) is 0 Å². The Balaban J connectivity index is 1.42. The monoisotopic (exact) mass is 432 g/mol. The van der Waals surface area contributed by atoms with Gasteiger partial charge in [0.15, 0.2) is 11.6 Å². The summed E-state index contributed by atoms with van der Waals surface area (Å²) < 4.78 is 5.07. The van der Waals surface area contributed by atoms with Gasteiger partial charge >= 0.3 is 5.97 Å². The van der Waals surface area contributed by atoms with Crippen LogP contribution in [0.5, 0.6) is 0 Å². The molecule has 8 heteroatoms.